The van der Waals surface area contributed by atoms with Gasteiger partial charge in [0.2, 0.25) is 5.91 Å². The zero-order valence-electron chi connectivity index (χ0n) is 14.7. The Bertz CT molecular complexity index is 441. The van der Waals surface area contributed by atoms with E-state index in [0.717, 1.165) is 12.0 Å². The highest BCUT2D eigenvalue weighted by atomic mass is 35.5. The molecule has 6 heteroatoms. The summed E-state index contributed by atoms with van der Waals surface area (Å²) >= 11 is 0. The first-order chi connectivity index (χ1) is 9.84. The molecule has 0 spiro atoms. The van der Waals surface area contributed by atoms with E-state index in [1.165, 1.54) is 0 Å². The van der Waals surface area contributed by atoms with Crippen LogP contribution in [0.1, 0.15) is 31.9 Å². The Morgan fingerprint density at radius 2 is 1.61 bits per heavy atom. The Kier molecular flexibility index (Phi) is 12.4. The molecule has 1 aromatic rings. The van der Waals surface area contributed by atoms with Crippen LogP contribution in [0.15, 0.2) is 30.3 Å². The predicted octanol–water partition coefficient (Wildman–Crippen LogP) is 2.96. The van der Waals surface area contributed by atoms with Crippen molar-refractivity contribution >= 4 is 30.7 Å². The van der Waals surface area contributed by atoms with E-state index in [1.54, 1.807) is 4.90 Å². The average molecular weight is 364 g/mol. The molecule has 0 radical (unpaired) electrons. The van der Waals surface area contributed by atoms with E-state index < -0.39 is 0 Å². The molecule has 0 aliphatic carbocycles. The lowest BCUT2D eigenvalue weighted by Crippen LogP contribution is -2.40. The van der Waals surface area contributed by atoms with E-state index in [4.69, 9.17) is 5.73 Å². The zero-order valence-corrected chi connectivity index (χ0v) is 16.4. The van der Waals surface area contributed by atoms with E-state index in [9.17, 15) is 4.79 Å². The van der Waals surface area contributed by atoms with Gasteiger partial charge in [-0.15, -0.1) is 24.8 Å². The molecule has 1 amide bonds. The fraction of sp³-hybridized carbons (Fsp3) is 0.588. The van der Waals surface area contributed by atoms with Crippen molar-refractivity contribution in [3.8, 4) is 0 Å². The van der Waals surface area contributed by atoms with Gasteiger partial charge in [-0.1, -0.05) is 44.2 Å². The second-order valence-electron chi connectivity index (χ2n) is 6.23. The van der Waals surface area contributed by atoms with Crippen LogP contribution in [0.2, 0.25) is 0 Å². The Hall–Kier alpha value is -0.810. The van der Waals surface area contributed by atoms with Crippen LogP contribution < -0.4 is 5.73 Å². The molecule has 2 atom stereocenters. The fourth-order valence-electron chi connectivity index (χ4n) is 2.29. The number of carbonyl (C=O) groups is 1. The maximum atomic E-state index is 12.7. The summed E-state index contributed by atoms with van der Waals surface area (Å²) in [6.45, 7) is 4.91. The molecule has 0 aromatic heterocycles. The maximum Gasteiger partial charge on any atom is 0.244 e. The monoisotopic (exact) mass is 363 g/mol. The van der Waals surface area contributed by atoms with Crippen LogP contribution in [0.3, 0.4) is 0 Å². The molecule has 0 saturated carbocycles. The van der Waals surface area contributed by atoms with Gasteiger partial charge in [0, 0.05) is 19.6 Å². The van der Waals surface area contributed by atoms with Gasteiger partial charge >= 0.3 is 0 Å². The molecule has 0 saturated heterocycles. The SMILES string of the molecule is CC(C)C(N)CCN(C)C(=O)C(c1ccccc1)N(C)C.Cl.Cl. The number of nitrogens with zero attached hydrogens (tertiary/aromatic N) is 2. The van der Waals surface area contributed by atoms with Crippen molar-refractivity contribution in [1.82, 2.24) is 9.80 Å². The van der Waals surface area contributed by atoms with Crippen molar-refractivity contribution in [2.45, 2.75) is 32.4 Å². The third kappa shape index (κ3) is 7.53. The van der Waals surface area contributed by atoms with Crippen LogP contribution in [0, 0.1) is 5.92 Å². The number of carbonyl (C=O) groups excluding carboxylic acids is 1. The molecular formula is C17H31Cl2N3O. The number of hydrogen-bond donors (Lipinski definition) is 1. The maximum absolute atomic E-state index is 12.7. The number of rotatable bonds is 7. The lowest BCUT2D eigenvalue weighted by molar-refractivity contribution is -0.135. The minimum Gasteiger partial charge on any atom is -0.344 e. The number of hydrogen-bond acceptors (Lipinski definition) is 3. The number of halogens is 2. The van der Waals surface area contributed by atoms with Gasteiger partial charge in [-0.3, -0.25) is 9.69 Å². The number of benzene rings is 1. The van der Waals surface area contributed by atoms with E-state index in [2.05, 4.69) is 13.8 Å². The van der Waals surface area contributed by atoms with Crippen LogP contribution in [-0.2, 0) is 4.79 Å². The molecule has 0 heterocycles. The molecule has 0 bridgehead atoms. The van der Waals surface area contributed by atoms with Gasteiger partial charge in [0.1, 0.15) is 6.04 Å². The Morgan fingerprint density at radius 3 is 2.04 bits per heavy atom. The molecule has 1 aromatic carbocycles. The highest BCUT2D eigenvalue weighted by Crippen LogP contribution is 2.20. The van der Waals surface area contributed by atoms with Crippen molar-refractivity contribution in [2.24, 2.45) is 11.7 Å². The van der Waals surface area contributed by atoms with Crippen molar-refractivity contribution in [1.29, 1.82) is 0 Å². The van der Waals surface area contributed by atoms with Crippen LogP contribution >= 0.6 is 24.8 Å². The fourth-order valence-corrected chi connectivity index (χ4v) is 2.29. The molecule has 0 aliphatic rings. The molecule has 23 heavy (non-hydrogen) atoms. The summed E-state index contributed by atoms with van der Waals surface area (Å²) in [7, 11) is 5.72. The third-order valence-electron chi connectivity index (χ3n) is 3.90. The summed E-state index contributed by atoms with van der Waals surface area (Å²) in [4.78, 5) is 16.5. The van der Waals surface area contributed by atoms with E-state index in [0.29, 0.717) is 12.5 Å². The topological polar surface area (TPSA) is 49.6 Å². The van der Waals surface area contributed by atoms with Gasteiger partial charge in [0.15, 0.2) is 0 Å². The van der Waals surface area contributed by atoms with Crippen molar-refractivity contribution in [3.05, 3.63) is 35.9 Å². The first kappa shape index (κ1) is 24.4. The van der Waals surface area contributed by atoms with Crippen LogP contribution in [0.25, 0.3) is 0 Å². The lowest BCUT2D eigenvalue weighted by atomic mass is 10.0. The Balaban J connectivity index is 0. The van der Waals surface area contributed by atoms with Crippen molar-refractivity contribution < 1.29 is 4.79 Å². The summed E-state index contributed by atoms with van der Waals surface area (Å²) in [5, 5.41) is 0. The number of nitrogens with two attached hydrogens (primary N) is 1. The summed E-state index contributed by atoms with van der Waals surface area (Å²) < 4.78 is 0. The summed E-state index contributed by atoms with van der Waals surface area (Å²) in [5.41, 5.74) is 7.08. The van der Waals surface area contributed by atoms with E-state index in [1.807, 2.05) is 56.4 Å². The summed E-state index contributed by atoms with van der Waals surface area (Å²) in [6.07, 6.45) is 0.828. The molecule has 134 valence electrons. The molecule has 0 aliphatic heterocycles. The normalized spacial score (nSPS) is 13.0. The highest BCUT2D eigenvalue weighted by Gasteiger charge is 2.26. The smallest absolute Gasteiger partial charge is 0.244 e. The first-order valence-electron chi connectivity index (χ1n) is 7.56. The zero-order chi connectivity index (χ0) is 16.0. The minimum atomic E-state index is -0.244. The third-order valence-corrected chi connectivity index (χ3v) is 3.90. The van der Waals surface area contributed by atoms with Crippen LogP contribution in [0.5, 0.6) is 0 Å². The van der Waals surface area contributed by atoms with Crippen molar-refractivity contribution in [2.75, 3.05) is 27.7 Å². The second kappa shape index (κ2) is 11.7. The van der Waals surface area contributed by atoms with E-state index >= 15 is 0 Å². The predicted molar refractivity (Wildman–Crippen MR) is 102 cm³/mol. The molecule has 2 N–H and O–H groups in total. The average Bonchev–Trinajstić information content (AvgIpc) is 2.44. The number of amides is 1. The molecular weight excluding hydrogens is 333 g/mol. The largest absolute Gasteiger partial charge is 0.344 e. The quantitative estimate of drug-likeness (QED) is 0.809. The van der Waals surface area contributed by atoms with Gasteiger partial charge in [-0.25, -0.2) is 0 Å². The molecule has 0 fully saturated rings. The van der Waals surface area contributed by atoms with Crippen molar-refractivity contribution in [3.63, 3.8) is 0 Å². The lowest BCUT2D eigenvalue weighted by Gasteiger charge is -2.29. The molecule has 2 unspecified atom stereocenters. The van der Waals surface area contributed by atoms with Gasteiger partial charge in [0.25, 0.3) is 0 Å². The summed E-state index contributed by atoms with van der Waals surface area (Å²) in [5.74, 6) is 0.550. The van der Waals surface area contributed by atoms with Gasteiger partial charge in [-0.05, 0) is 32.0 Å². The Morgan fingerprint density at radius 1 is 1.09 bits per heavy atom. The molecule has 4 nitrogen and oxygen atoms in total. The second-order valence-corrected chi connectivity index (χ2v) is 6.23. The van der Waals surface area contributed by atoms with E-state index in [-0.39, 0.29) is 42.8 Å². The van der Waals surface area contributed by atoms with Gasteiger partial charge in [-0.2, -0.15) is 0 Å². The minimum absolute atomic E-state index is 0. The summed E-state index contributed by atoms with van der Waals surface area (Å²) in [6, 6.07) is 9.78. The Labute approximate surface area is 153 Å². The molecule has 1 rings (SSSR count). The van der Waals surface area contributed by atoms with Gasteiger partial charge < -0.3 is 10.6 Å². The van der Waals surface area contributed by atoms with Gasteiger partial charge in [0.05, 0.1) is 0 Å². The first-order valence-corrected chi connectivity index (χ1v) is 7.56. The standard InChI is InChI=1S/C17H29N3O.2ClH/c1-13(2)15(18)11-12-20(5)17(21)16(19(3)4)14-9-7-6-8-10-14;;/h6-10,13,15-16H,11-12,18H2,1-5H3;2*1H. The highest BCUT2D eigenvalue weighted by molar-refractivity contribution is 5.85. The van der Waals surface area contributed by atoms with Crippen LogP contribution in [-0.4, -0.2) is 49.4 Å². The number of likely N-dealkylation sites (N-methyl/N-ethyl adjacent to an activating group) is 2. The van der Waals surface area contributed by atoms with Crippen LogP contribution in [0.4, 0.5) is 0 Å².